The highest BCUT2D eigenvalue weighted by Crippen LogP contribution is 2.41. The third-order valence-electron chi connectivity index (χ3n) is 3.37. The molecule has 9 heteroatoms. The van der Waals surface area contributed by atoms with Crippen LogP contribution in [0.1, 0.15) is 0 Å². The molecule has 140 valence electrons. The molecule has 2 rings (SSSR count). The van der Waals surface area contributed by atoms with Gasteiger partial charge < -0.3 is 28.8 Å². The molecule has 0 aliphatic carbocycles. The summed E-state index contributed by atoms with van der Waals surface area (Å²) in [4.78, 5) is 10.5. The maximum absolute atomic E-state index is 10.5. The fourth-order valence-electron chi connectivity index (χ4n) is 2.25. The van der Waals surface area contributed by atoms with Gasteiger partial charge in [0.05, 0.1) is 27.1 Å². The van der Waals surface area contributed by atoms with Crippen LogP contribution in [0.5, 0.6) is 23.0 Å². The summed E-state index contributed by atoms with van der Waals surface area (Å²) in [6.07, 6.45) is -0.0421. The first kappa shape index (κ1) is 19.9. The van der Waals surface area contributed by atoms with E-state index in [0.717, 1.165) is 5.75 Å². The van der Waals surface area contributed by atoms with Crippen molar-refractivity contribution in [1.82, 2.24) is 0 Å². The lowest BCUT2D eigenvalue weighted by atomic mass is 10.2. The highest BCUT2D eigenvalue weighted by atomic mass is 32.2. The smallest absolute Gasteiger partial charge is 0.313 e. The van der Waals surface area contributed by atoms with Crippen LogP contribution >= 0.6 is 23.5 Å². The third-order valence-corrected chi connectivity index (χ3v) is 5.78. The molecule has 0 amide bonds. The van der Waals surface area contributed by atoms with Gasteiger partial charge in [-0.2, -0.15) is 0 Å². The predicted octanol–water partition coefficient (Wildman–Crippen LogP) is 2.37. The van der Waals surface area contributed by atoms with Crippen molar-refractivity contribution in [1.29, 1.82) is 0 Å². The van der Waals surface area contributed by atoms with Crippen molar-refractivity contribution in [3.05, 3.63) is 12.1 Å². The van der Waals surface area contributed by atoms with Crippen LogP contribution in [0.3, 0.4) is 0 Å². The van der Waals surface area contributed by atoms with Gasteiger partial charge in [0.15, 0.2) is 11.5 Å². The Bertz CT molecular complexity index is 557. The molecule has 0 bridgehead atoms. The van der Waals surface area contributed by atoms with E-state index in [-0.39, 0.29) is 17.3 Å². The minimum Gasteiger partial charge on any atom is -0.493 e. The number of hydrogen-bond donors (Lipinski definition) is 1. The number of thioether (sulfide) groups is 2. The number of hydrogen-bond acceptors (Lipinski definition) is 8. The number of carbonyl (C=O) groups is 1. The highest BCUT2D eigenvalue weighted by Gasteiger charge is 2.27. The predicted molar refractivity (Wildman–Crippen MR) is 97.7 cm³/mol. The molecule has 1 saturated heterocycles. The summed E-state index contributed by atoms with van der Waals surface area (Å²) in [7, 11) is 4.65. The Kier molecular flexibility index (Phi) is 7.86. The van der Waals surface area contributed by atoms with Crippen LogP contribution in [0.4, 0.5) is 0 Å². The Labute approximate surface area is 155 Å². The van der Waals surface area contributed by atoms with E-state index in [1.54, 1.807) is 45.2 Å². The van der Waals surface area contributed by atoms with E-state index in [1.807, 2.05) is 0 Å². The van der Waals surface area contributed by atoms with Gasteiger partial charge in [-0.1, -0.05) is 0 Å². The molecule has 1 N–H and O–H groups in total. The zero-order chi connectivity index (χ0) is 18.2. The third kappa shape index (κ3) is 5.79. The van der Waals surface area contributed by atoms with Crippen molar-refractivity contribution in [2.24, 2.45) is 0 Å². The number of carboxylic acids is 1. The number of carboxylic acid groups (broad SMARTS) is 1. The van der Waals surface area contributed by atoms with Crippen molar-refractivity contribution < 1.29 is 33.6 Å². The molecule has 2 unspecified atom stereocenters. The zero-order valence-corrected chi connectivity index (χ0v) is 16.0. The number of benzene rings is 1. The first-order chi connectivity index (χ1) is 12.1. The first-order valence-corrected chi connectivity index (χ1v) is 9.77. The van der Waals surface area contributed by atoms with E-state index in [4.69, 9.17) is 28.8 Å². The molecule has 0 spiro atoms. The maximum atomic E-state index is 10.5. The van der Waals surface area contributed by atoms with Gasteiger partial charge in [-0.25, -0.2) is 0 Å². The average Bonchev–Trinajstić information content (AvgIpc) is 3.06. The van der Waals surface area contributed by atoms with Crippen LogP contribution in [-0.2, 0) is 9.53 Å². The lowest BCUT2D eigenvalue weighted by Gasteiger charge is -2.16. The van der Waals surface area contributed by atoms with Crippen LogP contribution in [0.25, 0.3) is 0 Å². The largest absolute Gasteiger partial charge is 0.493 e. The minimum atomic E-state index is -0.810. The molecule has 1 aliphatic heterocycles. The Morgan fingerprint density at radius 3 is 2.52 bits per heavy atom. The van der Waals surface area contributed by atoms with Gasteiger partial charge in [0.1, 0.15) is 23.9 Å². The van der Waals surface area contributed by atoms with Gasteiger partial charge in [-0.05, 0) is 0 Å². The minimum absolute atomic E-state index is 0.00195. The van der Waals surface area contributed by atoms with Crippen molar-refractivity contribution in [3.8, 4) is 23.0 Å². The monoisotopic (exact) mass is 390 g/mol. The topological polar surface area (TPSA) is 83.5 Å². The second-order valence-corrected chi connectivity index (χ2v) is 7.32. The van der Waals surface area contributed by atoms with E-state index in [0.29, 0.717) is 35.4 Å². The molecule has 2 atom stereocenters. The van der Waals surface area contributed by atoms with Gasteiger partial charge in [0, 0.05) is 23.6 Å². The second-order valence-electron chi connectivity index (χ2n) is 5.10. The molecule has 0 saturated carbocycles. The summed E-state index contributed by atoms with van der Waals surface area (Å²) in [5, 5.41) is 8.65. The number of aliphatic carboxylic acids is 1. The number of rotatable bonds is 10. The Morgan fingerprint density at radius 1 is 1.28 bits per heavy atom. The molecule has 7 nitrogen and oxygen atoms in total. The van der Waals surface area contributed by atoms with Gasteiger partial charge >= 0.3 is 5.97 Å². The maximum Gasteiger partial charge on any atom is 0.313 e. The molecule has 0 radical (unpaired) electrons. The van der Waals surface area contributed by atoms with Crippen molar-refractivity contribution >= 4 is 29.5 Å². The summed E-state index contributed by atoms with van der Waals surface area (Å²) in [5.41, 5.74) is -0.00195. The standard InChI is InChI=1S/C16H22O7S2/c1-19-12-4-10(5-13(20-2)16(12)21-3)22-6-11-7-25-15(23-11)9-24-8-14(17)18/h4-5,11,15H,6-9H2,1-3H3,(H,17,18). The lowest BCUT2D eigenvalue weighted by Crippen LogP contribution is -2.21. The quantitative estimate of drug-likeness (QED) is 0.647. The van der Waals surface area contributed by atoms with E-state index in [9.17, 15) is 4.79 Å². The number of ether oxygens (including phenoxy) is 5. The Balaban J connectivity index is 1.86. The van der Waals surface area contributed by atoms with Crippen LogP contribution in [0, 0.1) is 0 Å². The van der Waals surface area contributed by atoms with E-state index in [1.165, 1.54) is 11.8 Å². The van der Waals surface area contributed by atoms with E-state index < -0.39 is 5.97 Å². The molecule has 0 aromatic heterocycles. The van der Waals surface area contributed by atoms with Crippen LogP contribution in [0.2, 0.25) is 0 Å². The van der Waals surface area contributed by atoms with Crippen molar-refractivity contribution in [2.75, 3.05) is 45.2 Å². The Hall–Kier alpha value is -1.45. The molecule has 1 aliphatic rings. The second kappa shape index (κ2) is 9.88. The van der Waals surface area contributed by atoms with E-state index >= 15 is 0 Å². The van der Waals surface area contributed by atoms with Crippen LogP contribution < -0.4 is 18.9 Å². The molecule has 1 aromatic carbocycles. The lowest BCUT2D eigenvalue weighted by molar-refractivity contribution is -0.133. The van der Waals surface area contributed by atoms with Gasteiger partial charge in [-0.15, -0.1) is 23.5 Å². The molecule has 1 fully saturated rings. The first-order valence-electron chi connectivity index (χ1n) is 7.56. The highest BCUT2D eigenvalue weighted by molar-refractivity contribution is 8.03. The molecule has 25 heavy (non-hydrogen) atoms. The van der Waals surface area contributed by atoms with Crippen LogP contribution in [0.15, 0.2) is 12.1 Å². The molecule has 1 heterocycles. The summed E-state index contributed by atoms with van der Waals surface area (Å²) in [6.45, 7) is 0.395. The average molecular weight is 390 g/mol. The van der Waals surface area contributed by atoms with E-state index in [2.05, 4.69) is 0 Å². The summed E-state index contributed by atoms with van der Waals surface area (Å²) in [6, 6.07) is 3.48. The summed E-state index contributed by atoms with van der Waals surface area (Å²) in [5.74, 6) is 2.92. The van der Waals surface area contributed by atoms with Gasteiger partial charge in [-0.3, -0.25) is 4.79 Å². The van der Waals surface area contributed by atoms with Gasteiger partial charge in [0.2, 0.25) is 5.75 Å². The fourth-order valence-corrected chi connectivity index (χ4v) is 4.33. The Morgan fingerprint density at radius 2 is 1.96 bits per heavy atom. The van der Waals surface area contributed by atoms with Crippen LogP contribution in [-0.4, -0.2) is 67.8 Å². The SMILES string of the molecule is COc1cc(OCC2CSC(CSCC(=O)O)O2)cc(OC)c1OC. The molecular weight excluding hydrogens is 368 g/mol. The summed E-state index contributed by atoms with van der Waals surface area (Å²) >= 11 is 3.03. The summed E-state index contributed by atoms with van der Waals surface area (Å²) < 4.78 is 27.6. The molecule has 1 aromatic rings. The normalized spacial score (nSPS) is 19.5. The fraction of sp³-hybridized carbons (Fsp3) is 0.562. The molecular formula is C16H22O7S2. The van der Waals surface area contributed by atoms with Crippen molar-refractivity contribution in [2.45, 2.75) is 11.5 Å². The zero-order valence-electron chi connectivity index (χ0n) is 14.4. The van der Waals surface area contributed by atoms with Crippen molar-refractivity contribution in [3.63, 3.8) is 0 Å². The number of methoxy groups -OCH3 is 3. The van der Waals surface area contributed by atoms with Gasteiger partial charge in [0.25, 0.3) is 0 Å².